The molecule has 0 aliphatic carbocycles. The van der Waals surface area contributed by atoms with Gasteiger partial charge in [0.15, 0.2) is 0 Å². The van der Waals surface area contributed by atoms with E-state index in [0.29, 0.717) is 11.7 Å². The van der Waals surface area contributed by atoms with Crippen molar-refractivity contribution in [2.24, 2.45) is 0 Å². The molecular weight excluding hydrogens is 238 g/mol. The van der Waals surface area contributed by atoms with Crippen LogP contribution in [-0.4, -0.2) is 41.5 Å². The maximum Gasteiger partial charge on any atom is 0.273 e. The minimum atomic E-state index is 0.0325. The molecule has 0 bridgehead atoms. The minimum absolute atomic E-state index is 0.0325. The van der Waals surface area contributed by atoms with Crippen LogP contribution in [-0.2, 0) is 0 Å². The molecule has 1 aromatic carbocycles. The molecule has 1 atom stereocenters. The van der Waals surface area contributed by atoms with Crippen molar-refractivity contribution in [1.82, 2.24) is 15.2 Å². The van der Waals surface area contributed by atoms with Gasteiger partial charge in [0, 0.05) is 37.3 Å². The molecular formula is C15H17N3O. The van der Waals surface area contributed by atoms with Crippen LogP contribution in [0, 0.1) is 0 Å². The summed E-state index contributed by atoms with van der Waals surface area (Å²) < 4.78 is 0. The lowest BCUT2D eigenvalue weighted by Crippen LogP contribution is -2.51. The van der Waals surface area contributed by atoms with E-state index in [1.807, 2.05) is 35.2 Å². The van der Waals surface area contributed by atoms with Crippen molar-refractivity contribution in [2.45, 2.75) is 13.0 Å². The highest BCUT2D eigenvalue weighted by molar-refractivity contribution is 6.05. The zero-order chi connectivity index (χ0) is 13.2. The normalized spacial score (nSPS) is 19.6. The third kappa shape index (κ3) is 2.31. The Morgan fingerprint density at radius 1 is 1.37 bits per heavy atom. The van der Waals surface area contributed by atoms with Crippen LogP contribution < -0.4 is 5.32 Å². The topological polar surface area (TPSA) is 45.2 Å². The monoisotopic (exact) mass is 255 g/mol. The Balaban J connectivity index is 1.97. The molecule has 1 aliphatic heterocycles. The van der Waals surface area contributed by atoms with E-state index in [-0.39, 0.29) is 5.91 Å². The van der Waals surface area contributed by atoms with Crippen molar-refractivity contribution >= 4 is 16.7 Å². The molecule has 4 heteroatoms. The maximum atomic E-state index is 12.6. The van der Waals surface area contributed by atoms with Crippen LogP contribution in [0.5, 0.6) is 0 Å². The fraction of sp³-hybridized carbons (Fsp3) is 0.333. The lowest BCUT2D eigenvalue weighted by atomic mass is 10.1. The highest BCUT2D eigenvalue weighted by Crippen LogP contribution is 2.18. The van der Waals surface area contributed by atoms with Crippen LogP contribution in [0.15, 0.2) is 36.5 Å². The summed E-state index contributed by atoms with van der Waals surface area (Å²) in [5.74, 6) is 0.0325. The van der Waals surface area contributed by atoms with Gasteiger partial charge >= 0.3 is 0 Å². The van der Waals surface area contributed by atoms with Gasteiger partial charge in [-0.05, 0) is 18.4 Å². The molecule has 98 valence electrons. The molecule has 3 rings (SSSR count). The Hall–Kier alpha value is -1.94. The molecule has 2 aromatic rings. The first kappa shape index (κ1) is 12.1. The molecule has 1 N–H and O–H groups in total. The zero-order valence-electron chi connectivity index (χ0n) is 11.0. The van der Waals surface area contributed by atoms with Gasteiger partial charge in [0.25, 0.3) is 5.91 Å². The second-order valence-corrected chi connectivity index (χ2v) is 4.99. The third-order valence-electron chi connectivity index (χ3n) is 3.53. The van der Waals surface area contributed by atoms with Gasteiger partial charge in [-0.3, -0.25) is 9.78 Å². The predicted octanol–water partition coefficient (Wildman–Crippen LogP) is 1.67. The number of hydrogen-bond acceptors (Lipinski definition) is 3. The standard InChI is InChI=1S/C15H17N3O/c1-11-10-18(9-8-16-11)15(19)14-13-5-3-2-4-12(13)6-7-17-14/h2-7,11,16H,8-10H2,1H3/t11-/m1/s1. The lowest BCUT2D eigenvalue weighted by molar-refractivity contribution is 0.0705. The first-order valence-electron chi connectivity index (χ1n) is 6.62. The number of piperazine rings is 1. The van der Waals surface area contributed by atoms with Crippen molar-refractivity contribution in [2.75, 3.05) is 19.6 Å². The van der Waals surface area contributed by atoms with E-state index in [0.717, 1.165) is 30.4 Å². The van der Waals surface area contributed by atoms with Crippen molar-refractivity contribution in [3.63, 3.8) is 0 Å². The Kier molecular flexibility index (Phi) is 3.17. The van der Waals surface area contributed by atoms with Gasteiger partial charge in [0.1, 0.15) is 5.69 Å². The van der Waals surface area contributed by atoms with Crippen LogP contribution in [0.3, 0.4) is 0 Å². The van der Waals surface area contributed by atoms with Crippen LogP contribution in [0.4, 0.5) is 0 Å². The van der Waals surface area contributed by atoms with Crippen LogP contribution in [0.25, 0.3) is 10.8 Å². The summed E-state index contributed by atoms with van der Waals surface area (Å²) in [6.07, 6.45) is 1.71. The molecule has 2 heterocycles. The second-order valence-electron chi connectivity index (χ2n) is 4.99. The molecule has 19 heavy (non-hydrogen) atoms. The van der Waals surface area contributed by atoms with Gasteiger partial charge in [-0.1, -0.05) is 24.3 Å². The van der Waals surface area contributed by atoms with Crippen LogP contribution in [0.1, 0.15) is 17.4 Å². The first-order valence-corrected chi connectivity index (χ1v) is 6.62. The quantitative estimate of drug-likeness (QED) is 0.843. The molecule has 1 saturated heterocycles. The summed E-state index contributed by atoms with van der Waals surface area (Å²) in [4.78, 5) is 18.8. The average Bonchev–Trinajstić information content (AvgIpc) is 2.46. The van der Waals surface area contributed by atoms with Gasteiger partial charge in [-0.2, -0.15) is 0 Å². The third-order valence-corrected chi connectivity index (χ3v) is 3.53. The number of benzene rings is 1. The minimum Gasteiger partial charge on any atom is -0.334 e. The average molecular weight is 255 g/mol. The number of hydrogen-bond donors (Lipinski definition) is 1. The van der Waals surface area contributed by atoms with E-state index in [9.17, 15) is 4.79 Å². The molecule has 4 nitrogen and oxygen atoms in total. The number of nitrogens with zero attached hydrogens (tertiary/aromatic N) is 2. The number of carbonyl (C=O) groups is 1. The van der Waals surface area contributed by atoms with Gasteiger partial charge in [-0.15, -0.1) is 0 Å². The number of amides is 1. The maximum absolute atomic E-state index is 12.6. The Morgan fingerprint density at radius 2 is 2.21 bits per heavy atom. The fourth-order valence-corrected chi connectivity index (χ4v) is 2.56. The van der Waals surface area contributed by atoms with E-state index in [2.05, 4.69) is 17.2 Å². The lowest BCUT2D eigenvalue weighted by Gasteiger charge is -2.31. The Morgan fingerprint density at radius 3 is 3.05 bits per heavy atom. The molecule has 1 aromatic heterocycles. The van der Waals surface area contributed by atoms with E-state index in [1.54, 1.807) is 6.20 Å². The van der Waals surface area contributed by atoms with Gasteiger partial charge in [-0.25, -0.2) is 0 Å². The number of nitrogens with one attached hydrogen (secondary N) is 1. The summed E-state index contributed by atoms with van der Waals surface area (Å²) in [6, 6.07) is 10.2. The molecule has 0 saturated carbocycles. The highest BCUT2D eigenvalue weighted by Gasteiger charge is 2.23. The smallest absolute Gasteiger partial charge is 0.273 e. The summed E-state index contributed by atoms with van der Waals surface area (Å²) in [7, 11) is 0. The summed E-state index contributed by atoms with van der Waals surface area (Å²) >= 11 is 0. The van der Waals surface area contributed by atoms with Gasteiger partial charge in [0.2, 0.25) is 0 Å². The van der Waals surface area contributed by atoms with E-state index in [4.69, 9.17) is 0 Å². The van der Waals surface area contributed by atoms with E-state index < -0.39 is 0 Å². The SMILES string of the molecule is C[C@@H]1CN(C(=O)c2nccc3ccccc23)CCN1. The van der Waals surface area contributed by atoms with Crippen LogP contribution >= 0.6 is 0 Å². The number of aromatic nitrogens is 1. The molecule has 0 radical (unpaired) electrons. The Bertz CT molecular complexity index is 606. The number of pyridine rings is 1. The Labute approximate surface area is 112 Å². The summed E-state index contributed by atoms with van der Waals surface area (Å²) in [5, 5.41) is 5.33. The van der Waals surface area contributed by atoms with Gasteiger partial charge < -0.3 is 10.2 Å². The highest BCUT2D eigenvalue weighted by atomic mass is 16.2. The van der Waals surface area contributed by atoms with Gasteiger partial charge in [0.05, 0.1) is 0 Å². The van der Waals surface area contributed by atoms with Crippen molar-refractivity contribution in [3.05, 3.63) is 42.2 Å². The zero-order valence-corrected chi connectivity index (χ0v) is 11.0. The van der Waals surface area contributed by atoms with Crippen LogP contribution in [0.2, 0.25) is 0 Å². The van der Waals surface area contributed by atoms with Crippen molar-refractivity contribution in [3.8, 4) is 0 Å². The number of fused-ring (bicyclic) bond motifs is 1. The van der Waals surface area contributed by atoms with Crippen molar-refractivity contribution in [1.29, 1.82) is 0 Å². The molecule has 1 fully saturated rings. The first-order chi connectivity index (χ1) is 9.25. The second kappa shape index (κ2) is 4.97. The number of rotatable bonds is 1. The predicted molar refractivity (Wildman–Crippen MR) is 75.1 cm³/mol. The summed E-state index contributed by atoms with van der Waals surface area (Å²) in [6.45, 7) is 4.42. The largest absolute Gasteiger partial charge is 0.334 e. The molecule has 0 spiro atoms. The molecule has 0 unspecified atom stereocenters. The fourth-order valence-electron chi connectivity index (χ4n) is 2.56. The van der Waals surface area contributed by atoms with Crippen molar-refractivity contribution < 1.29 is 4.79 Å². The molecule has 1 aliphatic rings. The van der Waals surface area contributed by atoms with E-state index in [1.165, 1.54) is 0 Å². The summed E-state index contributed by atoms with van der Waals surface area (Å²) in [5.41, 5.74) is 0.562. The number of carbonyl (C=O) groups excluding carboxylic acids is 1. The van der Waals surface area contributed by atoms with E-state index >= 15 is 0 Å². The molecule has 1 amide bonds.